The van der Waals surface area contributed by atoms with Gasteiger partial charge >= 0.3 is 0 Å². The first kappa shape index (κ1) is 12.0. The summed E-state index contributed by atoms with van der Waals surface area (Å²) in [5.41, 5.74) is -0.0243. The molecule has 0 aliphatic carbocycles. The van der Waals surface area contributed by atoms with Crippen molar-refractivity contribution < 1.29 is 9.85 Å². The van der Waals surface area contributed by atoms with Gasteiger partial charge in [0.2, 0.25) is 0 Å². The van der Waals surface area contributed by atoms with E-state index in [9.17, 15) is 20.2 Å². The van der Waals surface area contributed by atoms with Crippen LogP contribution in [0.15, 0.2) is 42.5 Å². The van der Waals surface area contributed by atoms with Crippen LogP contribution < -0.4 is 0 Å². The maximum absolute atomic E-state index is 11.0. The molecule has 0 fully saturated rings. The maximum Gasteiger partial charge on any atom is 0.295 e. The number of fused-ring (bicyclic) bond motifs is 2. The van der Waals surface area contributed by atoms with Crippen LogP contribution in [0.25, 0.3) is 21.8 Å². The lowest BCUT2D eigenvalue weighted by Crippen LogP contribution is -1.95. The predicted molar refractivity (Wildman–Crippen MR) is 72.6 cm³/mol. The Labute approximate surface area is 111 Å². The fourth-order valence-electron chi connectivity index (χ4n) is 2.15. The van der Waals surface area contributed by atoms with Crippen LogP contribution >= 0.6 is 0 Å². The Morgan fingerprint density at radius 3 is 1.65 bits per heavy atom. The van der Waals surface area contributed by atoms with E-state index in [0.717, 1.165) is 0 Å². The van der Waals surface area contributed by atoms with E-state index in [2.05, 4.69) is 4.98 Å². The van der Waals surface area contributed by atoms with Gasteiger partial charge in [-0.25, -0.2) is 4.98 Å². The number of para-hydroxylation sites is 2. The first-order valence-electron chi connectivity index (χ1n) is 5.69. The van der Waals surface area contributed by atoms with E-state index in [0.29, 0.717) is 10.8 Å². The topological polar surface area (TPSA) is 99.2 Å². The van der Waals surface area contributed by atoms with Gasteiger partial charge in [-0.15, -0.1) is 0 Å². The number of nitrogens with zero attached hydrogens (tertiary/aromatic N) is 3. The highest BCUT2D eigenvalue weighted by Gasteiger charge is 2.18. The van der Waals surface area contributed by atoms with Crippen molar-refractivity contribution in [2.75, 3.05) is 0 Å². The molecule has 3 aromatic rings. The molecule has 98 valence electrons. The van der Waals surface area contributed by atoms with E-state index in [1.807, 2.05) is 0 Å². The first-order valence-corrected chi connectivity index (χ1v) is 5.69. The average molecular weight is 269 g/mol. The zero-order valence-corrected chi connectivity index (χ0v) is 10.0. The summed E-state index contributed by atoms with van der Waals surface area (Å²) in [5, 5.41) is 23.2. The van der Waals surface area contributed by atoms with Crippen LogP contribution in [0.3, 0.4) is 0 Å². The summed E-state index contributed by atoms with van der Waals surface area (Å²) in [6, 6.07) is 10.8. The number of hydrogen-bond acceptors (Lipinski definition) is 5. The fourth-order valence-corrected chi connectivity index (χ4v) is 2.15. The van der Waals surface area contributed by atoms with Gasteiger partial charge in [0.25, 0.3) is 11.4 Å². The van der Waals surface area contributed by atoms with Gasteiger partial charge in [0.05, 0.1) is 9.85 Å². The zero-order valence-electron chi connectivity index (χ0n) is 10.0. The molecule has 0 spiro atoms. The molecule has 0 amide bonds. The molecule has 1 heterocycles. The normalized spacial score (nSPS) is 10.8. The van der Waals surface area contributed by atoms with Crippen molar-refractivity contribution in [2.24, 2.45) is 0 Å². The minimum absolute atomic E-state index is 0.152. The summed E-state index contributed by atoms with van der Waals surface area (Å²) >= 11 is 0. The Morgan fingerprint density at radius 2 is 1.25 bits per heavy atom. The molecule has 0 radical (unpaired) electrons. The Hall–Kier alpha value is -3.09. The lowest BCUT2D eigenvalue weighted by atomic mass is 10.1. The smallest absolute Gasteiger partial charge is 0.258 e. The minimum atomic E-state index is -0.546. The van der Waals surface area contributed by atoms with E-state index >= 15 is 0 Å². The Bertz CT molecular complexity index is 807. The van der Waals surface area contributed by atoms with Crippen molar-refractivity contribution in [1.29, 1.82) is 0 Å². The Kier molecular flexibility index (Phi) is 2.53. The molecule has 3 rings (SSSR count). The van der Waals surface area contributed by atoms with Crippen molar-refractivity contribution in [2.45, 2.75) is 0 Å². The van der Waals surface area contributed by atoms with Crippen molar-refractivity contribution in [3.63, 3.8) is 0 Å². The van der Waals surface area contributed by atoms with Crippen LogP contribution in [-0.2, 0) is 0 Å². The fraction of sp³-hybridized carbons (Fsp3) is 0. The second-order valence-electron chi connectivity index (χ2n) is 4.20. The monoisotopic (exact) mass is 269 g/mol. The highest BCUT2D eigenvalue weighted by molar-refractivity contribution is 5.99. The number of rotatable bonds is 2. The summed E-state index contributed by atoms with van der Waals surface area (Å²) in [4.78, 5) is 25.0. The van der Waals surface area contributed by atoms with Gasteiger partial charge in [-0.1, -0.05) is 24.3 Å². The van der Waals surface area contributed by atoms with Gasteiger partial charge in [-0.3, -0.25) is 20.2 Å². The number of benzene rings is 2. The van der Waals surface area contributed by atoms with Gasteiger partial charge in [-0.2, -0.15) is 0 Å². The zero-order chi connectivity index (χ0) is 14.3. The molecule has 0 saturated heterocycles. The van der Waals surface area contributed by atoms with Gasteiger partial charge in [-0.05, 0) is 6.07 Å². The third-order valence-corrected chi connectivity index (χ3v) is 3.02. The second-order valence-corrected chi connectivity index (χ2v) is 4.20. The molecule has 20 heavy (non-hydrogen) atoms. The molecular weight excluding hydrogens is 262 g/mol. The quantitative estimate of drug-likeness (QED) is 0.404. The predicted octanol–water partition coefficient (Wildman–Crippen LogP) is 3.20. The summed E-state index contributed by atoms with van der Waals surface area (Å²) < 4.78 is 0. The molecule has 2 aromatic carbocycles. The molecular formula is C13H7N3O4. The summed E-state index contributed by atoms with van der Waals surface area (Å²) in [6.07, 6.45) is 0. The van der Waals surface area contributed by atoms with Gasteiger partial charge < -0.3 is 0 Å². The molecule has 7 nitrogen and oxygen atoms in total. The van der Waals surface area contributed by atoms with Crippen molar-refractivity contribution >= 4 is 33.2 Å². The largest absolute Gasteiger partial charge is 0.295 e. The average Bonchev–Trinajstić information content (AvgIpc) is 2.43. The lowest BCUT2D eigenvalue weighted by molar-refractivity contribution is -0.383. The van der Waals surface area contributed by atoms with Crippen LogP contribution in [-0.4, -0.2) is 14.8 Å². The minimum Gasteiger partial charge on any atom is -0.258 e. The number of nitro benzene ring substituents is 2. The van der Waals surface area contributed by atoms with Crippen LogP contribution in [0.5, 0.6) is 0 Å². The van der Waals surface area contributed by atoms with Gasteiger partial charge in [0, 0.05) is 22.9 Å². The number of aromatic nitrogens is 1. The lowest BCUT2D eigenvalue weighted by Gasteiger charge is -2.02. The highest BCUT2D eigenvalue weighted by atomic mass is 16.6. The molecule has 0 unspecified atom stereocenters. The molecule has 0 saturated carbocycles. The maximum atomic E-state index is 11.0. The van der Waals surface area contributed by atoms with Gasteiger partial charge in [0.15, 0.2) is 0 Å². The second kappa shape index (κ2) is 4.23. The molecule has 0 N–H and O–H groups in total. The van der Waals surface area contributed by atoms with Crippen molar-refractivity contribution in [3.8, 4) is 0 Å². The molecule has 0 aliphatic rings. The van der Waals surface area contributed by atoms with Crippen LogP contribution in [0.4, 0.5) is 11.4 Å². The molecule has 1 aromatic heterocycles. The van der Waals surface area contributed by atoms with Crippen LogP contribution in [0, 0.1) is 20.2 Å². The summed E-state index contributed by atoms with van der Waals surface area (Å²) in [5.74, 6) is 0. The third-order valence-electron chi connectivity index (χ3n) is 3.02. The number of nitro groups is 2. The Balaban J connectivity index is 2.48. The van der Waals surface area contributed by atoms with E-state index in [4.69, 9.17) is 0 Å². The summed E-state index contributed by atoms with van der Waals surface area (Å²) in [7, 11) is 0. The number of hydrogen-bond donors (Lipinski definition) is 0. The van der Waals surface area contributed by atoms with E-state index in [1.165, 1.54) is 12.1 Å². The van der Waals surface area contributed by atoms with Crippen molar-refractivity contribution in [3.05, 3.63) is 62.7 Å². The third kappa shape index (κ3) is 1.72. The molecule has 7 heteroatoms. The van der Waals surface area contributed by atoms with Gasteiger partial charge in [0.1, 0.15) is 11.0 Å². The Morgan fingerprint density at radius 1 is 0.800 bits per heavy atom. The standard InChI is InChI=1S/C13H7N3O4/c17-15(18)10-5-1-3-8-7-9-4-2-6-11(16(19)20)13(9)14-12(8)10/h1-7H. The van der Waals surface area contributed by atoms with Crippen LogP contribution in [0.1, 0.15) is 0 Å². The van der Waals surface area contributed by atoms with Crippen LogP contribution in [0.2, 0.25) is 0 Å². The summed E-state index contributed by atoms with van der Waals surface area (Å²) in [6.45, 7) is 0. The molecule has 0 atom stereocenters. The first-order chi connectivity index (χ1) is 9.58. The van der Waals surface area contributed by atoms with E-state index in [-0.39, 0.29) is 22.4 Å². The highest BCUT2D eigenvalue weighted by Crippen LogP contribution is 2.30. The van der Waals surface area contributed by atoms with E-state index in [1.54, 1.807) is 30.3 Å². The SMILES string of the molecule is O=[N+]([O-])c1cccc2cc3cccc([N+](=O)[O-])c3nc12. The molecule has 0 aliphatic heterocycles. The molecule has 0 bridgehead atoms. The number of pyridine rings is 1. The number of non-ortho nitro benzene ring substituents is 2. The van der Waals surface area contributed by atoms with E-state index < -0.39 is 9.85 Å². The van der Waals surface area contributed by atoms with Crippen molar-refractivity contribution in [1.82, 2.24) is 4.98 Å².